The molecule has 0 radical (unpaired) electrons. The maximum absolute atomic E-state index is 12.2. The Morgan fingerprint density at radius 1 is 1.09 bits per heavy atom. The van der Waals surface area contributed by atoms with E-state index in [1.165, 1.54) is 6.92 Å². The highest BCUT2D eigenvalue weighted by molar-refractivity contribution is 5.88. The van der Waals surface area contributed by atoms with Gasteiger partial charge in [-0.1, -0.05) is 19.9 Å². The quantitative estimate of drug-likeness (QED) is 0.578. The van der Waals surface area contributed by atoms with Crippen LogP contribution in [-0.4, -0.2) is 35.2 Å². The second kappa shape index (κ2) is 11.0. The molecular weight excluding hydrogens is 406 g/mol. The minimum absolute atomic E-state index is 0.162. The van der Waals surface area contributed by atoms with E-state index in [4.69, 9.17) is 9.47 Å². The molecule has 0 saturated heterocycles. The van der Waals surface area contributed by atoms with Crippen LogP contribution in [0.15, 0.2) is 36.5 Å². The lowest BCUT2D eigenvalue weighted by Gasteiger charge is -2.25. The predicted molar refractivity (Wildman–Crippen MR) is 127 cm³/mol. The average Bonchev–Trinajstić information content (AvgIpc) is 2.64. The highest BCUT2D eigenvalue weighted by Gasteiger charge is 2.21. The molecule has 0 fully saturated rings. The fourth-order valence-corrected chi connectivity index (χ4v) is 3.25. The number of carbonyl (C=O) groups is 2. The van der Waals surface area contributed by atoms with E-state index in [1.54, 1.807) is 6.20 Å². The normalized spacial score (nSPS) is 12.2. The van der Waals surface area contributed by atoms with E-state index in [0.717, 1.165) is 28.9 Å². The van der Waals surface area contributed by atoms with Gasteiger partial charge in [-0.25, -0.2) is 9.78 Å². The molecule has 1 heterocycles. The van der Waals surface area contributed by atoms with E-state index in [9.17, 15) is 9.59 Å². The van der Waals surface area contributed by atoms with Gasteiger partial charge < -0.3 is 20.1 Å². The Balaban J connectivity index is 2.08. The smallest absolute Gasteiger partial charge is 0.407 e. The number of pyridine rings is 1. The maximum Gasteiger partial charge on any atom is 0.407 e. The lowest BCUT2D eigenvalue weighted by molar-refractivity contribution is -0.114. The molecule has 0 aliphatic heterocycles. The second-order valence-electron chi connectivity index (χ2n) is 9.37. The zero-order valence-corrected chi connectivity index (χ0v) is 20.1. The molecule has 0 saturated carbocycles. The van der Waals surface area contributed by atoms with Gasteiger partial charge in [-0.2, -0.15) is 0 Å². The molecule has 0 aliphatic carbocycles. The number of alkyl carbamates (subject to hydrolysis) is 1. The van der Waals surface area contributed by atoms with Gasteiger partial charge in [0.05, 0.1) is 6.04 Å². The van der Waals surface area contributed by atoms with Crippen molar-refractivity contribution in [1.82, 2.24) is 10.3 Å². The van der Waals surface area contributed by atoms with E-state index >= 15 is 0 Å². The maximum atomic E-state index is 12.2. The SMILES string of the molecule is CC(=O)Nc1cc(-c2ccc(OC[C@H](CC(C)C)NC(=O)OC(C)(C)C)c(C)c2)ccn1. The first kappa shape index (κ1) is 25.2. The fraction of sp³-hybridized carbons (Fsp3) is 0.480. The van der Waals surface area contributed by atoms with Crippen LogP contribution in [0.4, 0.5) is 10.6 Å². The molecule has 174 valence electrons. The Labute approximate surface area is 190 Å². The van der Waals surface area contributed by atoms with Crippen LogP contribution in [0.2, 0.25) is 0 Å². The minimum Gasteiger partial charge on any atom is -0.491 e. The second-order valence-corrected chi connectivity index (χ2v) is 9.37. The van der Waals surface area contributed by atoms with Gasteiger partial charge in [-0.15, -0.1) is 0 Å². The Kier molecular flexibility index (Phi) is 8.63. The van der Waals surface area contributed by atoms with E-state index in [2.05, 4.69) is 29.5 Å². The zero-order valence-electron chi connectivity index (χ0n) is 20.1. The summed E-state index contributed by atoms with van der Waals surface area (Å²) in [4.78, 5) is 27.7. The predicted octanol–water partition coefficient (Wildman–Crippen LogP) is 5.33. The molecule has 0 aliphatic rings. The van der Waals surface area contributed by atoms with Crippen LogP contribution >= 0.6 is 0 Å². The van der Waals surface area contributed by atoms with Crippen molar-refractivity contribution in [3.63, 3.8) is 0 Å². The Hall–Kier alpha value is -3.09. The zero-order chi connectivity index (χ0) is 23.9. The molecule has 2 rings (SSSR count). The molecular formula is C25H35N3O4. The summed E-state index contributed by atoms with van der Waals surface area (Å²) in [5.41, 5.74) is 2.37. The topological polar surface area (TPSA) is 89.6 Å². The van der Waals surface area contributed by atoms with Crippen LogP contribution < -0.4 is 15.4 Å². The first-order chi connectivity index (χ1) is 14.9. The number of nitrogens with one attached hydrogen (secondary N) is 2. The summed E-state index contributed by atoms with van der Waals surface area (Å²) < 4.78 is 11.4. The molecule has 2 amide bonds. The lowest BCUT2D eigenvalue weighted by Crippen LogP contribution is -2.42. The van der Waals surface area contributed by atoms with Gasteiger partial charge in [0.1, 0.15) is 23.8 Å². The van der Waals surface area contributed by atoms with E-state index in [-0.39, 0.29) is 11.9 Å². The van der Waals surface area contributed by atoms with E-state index in [1.807, 2.05) is 58.0 Å². The van der Waals surface area contributed by atoms with Gasteiger partial charge in [0.2, 0.25) is 5.91 Å². The Bertz CT molecular complexity index is 935. The van der Waals surface area contributed by atoms with E-state index in [0.29, 0.717) is 18.3 Å². The lowest BCUT2D eigenvalue weighted by atomic mass is 10.0. The van der Waals surface area contributed by atoms with Crippen LogP contribution in [0.5, 0.6) is 5.75 Å². The number of nitrogens with zero attached hydrogens (tertiary/aromatic N) is 1. The molecule has 2 aromatic rings. The fourth-order valence-electron chi connectivity index (χ4n) is 3.25. The van der Waals surface area contributed by atoms with Crippen molar-refractivity contribution >= 4 is 17.8 Å². The third kappa shape index (κ3) is 8.57. The number of aryl methyl sites for hydroxylation is 1. The van der Waals surface area contributed by atoms with Crippen LogP contribution in [0.3, 0.4) is 0 Å². The van der Waals surface area contributed by atoms with Gasteiger partial charge in [0.15, 0.2) is 0 Å². The summed E-state index contributed by atoms with van der Waals surface area (Å²) in [5.74, 6) is 1.50. The summed E-state index contributed by atoms with van der Waals surface area (Å²) in [7, 11) is 0. The van der Waals surface area contributed by atoms with Crippen molar-refractivity contribution < 1.29 is 19.1 Å². The van der Waals surface area contributed by atoms with Crippen molar-refractivity contribution in [2.24, 2.45) is 5.92 Å². The summed E-state index contributed by atoms with van der Waals surface area (Å²) >= 11 is 0. The van der Waals surface area contributed by atoms with Gasteiger partial charge in [0.25, 0.3) is 0 Å². The Morgan fingerprint density at radius 3 is 2.38 bits per heavy atom. The van der Waals surface area contributed by atoms with Gasteiger partial charge >= 0.3 is 6.09 Å². The molecule has 7 nitrogen and oxygen atoms in total. The van der Waals surface area contributed by atoms with Crippen LogP contribution in [0.25, 0.3) is 11.1 Å². The number of hydrogen-bond acceptors (Lipinski definition) is 5. The summed E-state index contributed by atoms with van der Waals surface area (Å²) in [5, 5.41) is 5.63. The van der Waals surface area contributed by atoms with Crippen molar-refractivity contribution in [3.05, 3.63) is 42.1 Å². The molecule has 2 N–H and O–H groups in total. The number of anilines is 1. The van der Waals surface area contributed by atoms with Crippen LogP contribution in [-0.2, 0) is 9.53 Å². The van der Waals surface area contributed by atoms with Crippen LogP contribution in [0.1, 0.15) is 53.5 Å². The first-order valence-electron chi connectivity index (χ1n) is 10.9. The van der Waals surface area contributed by atoms with Gasteiger partial charge in [-0.3, -0.25) is 4.79 Å². The summed E-state index contributed by atoms with van der Waals surface area (Å²) in [6, 6.07) is 9.48. The van der Waals surface area contributed by atoms with E-state index < -0.39 is 11.7 Å². The van der Waals surface area contributed by atoms with Crippen LogP contribution in [0, 0.1) is 12.8 Å². The number of aromatic nitrogens is 1. The molecule has 7 heteroatoms. The number of benzene rings is 1. The summed E-state index contributed by atoms with van der Waals surface area (Å²) in [6.07, 6.45) is 2.00. The van der Waals surface area contributed by atoms with Crippen molar-refractivity contribution in [2.45, 2.75) is 66.5 Å². The molecule has 0 bridgehead atoms. The standard InChI is InChI=1S/C25H35N3O4/c1-16(2)12-21(28-24(30)32-25(5,6)7)15-31-22-9-8-19(13-17(22)3)20-10-11-26-23(14-20)27-18(4)29/h8-11,13-14,16,21H,12,15H2,1-7H3,(H,28,30)(H,26,27,29)/t21-/m0/s1. The summed E-state index contributed by atoms with van der Waals surface area (Å²) in [6.45, 7) is 13.5. The minimum atomic E-state index is -0.549. The highest BCUT2D eigenvalue weighted by atomic mass is 16.6. The van der Waals surface area contributed by atoms with Crippen molar-refractivity contribution in [2.75, 3.05) is 11.9 Å². The molecule has 1 aromatic carbocycles. The van der Waals surface area contributed by atoms with Gasteiger partial charge in [0, 0.05) is 13.1 Å². The number of ether oxygens (including phenoxy) is 2. The number of carbonyl (C=O) groups excluding carboxylic acids is 2. The average molecular weight is 442 g/mol. The van der Waals surface area contributed by atoms with Gasteiger partial charge in [-0.05, 0) is 81.0 Å². The van der Waals surface area contributed by atoms with Crippen molar-refractivity contribution in [3.8, 4) is 16.9 Å². The highest BCUT2D eigenvalue weighted by Crippen LogP contribution is 2.27. The monoisotopic (exact) mass is 441 g/mol. The molecule has 1 aromatic heterocycles. The number of rotatable bonds is 8. The third-order valence-corrected chi connectivity index (χ3v) is 4.49. The third-order valence-electron chi connectivity index (χ3n) is 4.49. The first-order valence-corrected chi connectivity index (χ1v) is 10.9. The molecule has 1 atom stereocenters. The molecule has 32 heavy (non-hydrogen) atoms. The van der Waals surface area contributed by atoms with Crippen molar-refractivity contribution in [1.29, 1.82) is 0 Å². The number of amides is 2. The molecule has 0 unspecified atom stereocenters. The number of hydrogen-bond donors (Lipinski definition) is 2. The largest absolute Gasteiger partial charge is 0.491 e. The Morgan fingerprint density at radius 2 is 1.78 bits per heavy atom. The molecule has 0 spiro atoms.